The SMILES string of the molecule is C[C@H](NC(=O)c1cc(-c2ccc(F)cc2)cc2onc(Cc3ccc4ccccc4c3)c12)c1ccc(C(=O)O)cc1. The van der Waals surface area contributed by atoms with E-state index in [-0.39, 0.29) is 17.3 Å². The number of carbonyl (C=O) groups excluding carboxylic acids is 1. The van der Waals surface area contributed by atoms with Crippen molar-refractivity contribution in [3.63, 3.8) is 0 Å². The normalized spacial score (nSPS) is 12.0. The number of amides is 1. The first-order chi connectivity index (χ1) is 19.9. The van der Waals surface area contributed by atoms with Gasteiger partial charge in [0.15, 0.2) is 5.58 Å². The molecule has 41 heavy (non-hydrogen) atoms. The lowest BCUT2D eigenvalue weighted by molar-refractivity contribution is 0.0696. The van der Waals surface area contributed by atoms with Crippen molar-refractivity contribution in [3.8, 4) is 11.1 Å². The summed E-state index contributed by atoms with van der Waals surface area (Å²) in [5.41, 5.74) is 4.84. The average molecular weight is 545 g/mol. The maximum absolute atomic E-state index is 13.8. The fourth-order valence-electron chi connectivity index (χ4n) is 5.06. The zero-order chi connectivity index (χ0) is 28.5. The monoisotopic (exact) mass is 544 g/mol. The van der Waals surface area contributed by atoms with E-state index < -0.39 is 12.0 Å². The van der Waals surface area contributed by atoms with E-state index in [1.54, 1.807) is 30.3 Å². The summed E-state index contributed by atoms with van der Waals surface area (Å²) >= 11 is 0. The van der Waals surface area contributed by atoms with Gasteiger partial charge >= 0.3 is 5.97 Å². The third-order valence-electron chi connectivity index (χ3n) is 7.26. The second-order valence-corrected chi connectivity index (χ2v) is 10.0. The number of hydrogen-bond acceptors (Lipinski definition) is 4. The molecule has 1 amide bonds. The van der Waals surface area contributed by atoms with Gasteiger partial charge in [0.05, 0.1) is 28.2 Å². The van der Waals surface area contributed by atoms with Crippen LogP contribution in [0.2, 0.25) is 0 Å². The van der Waals surface area contributed by atoms with E-state index in [1.807, 2.05) is 31.2 Å². The number of nitrogens with one attached hydrogen (secondary N) is 1. The largest absolute Gasteiger partial charge is 0.478 e. The van der Waals surface area contributed by atoms with Crippen molar-refractivity contribution >= 4 is 33.6 Å². The van der Waals surface area contributed by atoms with E-state index in [4.69, 9.17) is 4.52 Å². The van der Waals surface area contributed by atoms with Gasteiger partial charge in [-0.05, 0) is 76.3 Å². The Kier molecular flexibility index (Phi) is 6.77. The maximum Gasteiger partial charge on any atom is 0.335 e. The summed E-state index contributed by atoms with van der Waals surface area (Å²) in [4.78, 5) is 25.0. The van der Waals surface area contributed by atoms with Gasteiger partial charge in [-0.2, -0.15) is 0 Å². The fourth-order valence-corrected chi connectivity index (χ4v) is 5.06. The molecule has 1 heterocycles. The summed E-state index contributed by atoms with van der Waals surface area (Å²) in [6.45, 7) is 1.83. The summed E-state index contributed by atoms with van der Waals surface area (Å²) < 4.78 is 19.4. The number of carbonyl (C=O) groups is 2. The lowest BCUT2D eigenvalue weighted by atomic mass is 9.96. The fraction of sp³-hybridized carbons (Fsp3) is 0.0882. The number of carboxylic acids is 1. The topological polar surface area (TPSA) is 92.4 Å². The molecule has 6 rings (SSSR count). The highest BCUT2D eigenvalue weighted by atomic mass is 19.1. The van der Waals surface area contributed by atoms with Crippen LogP contribution in [0.25, 0.3) is 32.9 Å². The van der Waals surface area contributed by atoms with Crippen molar-refractivity contribution in [3.05, 3.63) is 137 Å². The Bertz CT molecular complexity index is 1910. The summed E-state index contributed by atoms with van der Waals surface area (Å²) in [6, 6.07) is 29.9. The first-order valence-electron chi connectivity index (χ1n) is 13.2. The molecule has 0 saturated carbocycles. The van der Waals surface area contributed by atoms with E-state index >= 15 is 0 Å². The van der Waals surface area contributed by atoms with Gasteiger partial charge in [-0.1, -0.05) is 71.9 Å². The molecule has 0 spiro atoms. The van der Waals surface area contributed by atoms with Gasteiger partial charge in [0.1, 0.15) is 5.82 Å². The van der Waals surface area contributed by atoms with Crippen LogP contribution >= 0.6 is 0 Å². The molecule has 0 fully saturated rings. The highest BCUT2D eigenvalue weighted by molar-refractivity contribution is 6.08. The van der Waals surface area contributed by atoms with Crippen LogP contribution in [0.4, 0.5) is 4.39 Å². The number of halogens is 1. The minimum Gasteiger partial charge on any atom is -0.478 e. The van der Waals surface area contributed by atoms with Gasteiger partial charge in [0.2, 0.25) is 0 Å². The molecule has 0 aliphatic carbocycles. The summed E-state index contributed by atoms with van der Waals surface area (Å²) in [5, 5.41) is 19.4. The molecule has 5 aromatic carbocycles. The standard InChI is InChI=1S/C34H25FN2O4/c1-20(22-8-10-25(11-9-22)34(39)40)36-33(38)29-18-27(24-12-14-28(35)15-13-24)19-31-32(29)30(37-41-31)17-21-6-7-23-4-2-3-5-26(23)16-21/h2-16,18-20H,17H2,1H3,(H,36,38)(H,39,40)/t20-/m0/s1. The summed E-state index contributed by atoms with van der Waals surface area (Å²) in [7, 11) is 0. The molecule has 7 heteroatoms. The van der Waals surface area contributed by atoms with Crippen LogP contribution in [0.3, 0.4) is 0 Å². The van der Waals surface area contributed by atoms with Crippen LogP contribution in [0.15, 0.2) is 108 Å². The van der Waals surface area contributed by atoms with Crippen molar-refractivity contribution in [1.29, 1.82) is 0 Å². The second kappa shape index (κ2) is 10.7. The molecule has 1 aromatic heterocycles. The maximum atomic E-state index is 13.8. The molecule has 0 saturated heterocycles. The predicted molar refractivity (Wildman–Crippen MR) is 155 cm³/mol. The molecular formula is C34H25FN2O4. The number of aromatic carboxylic acids is 1. The summed E-state index contributed by atoms with van der Waals surface area (Å²) in [5.74, 6) is -1.70. The van der Waals surface area contributed by atoms with Gasteiger partial charge in [-0.3, -0.25) is 4.79 Å². The Labute approximate surface area is 235 Å². The predicted octanol–water partition coefficient (Wildman–Crippen LogP) is 7.57. The molecule has 0 unspecified atom stereocenters. The Morgan fingerprint density at radius 2 is 1.61 bits per heavy atom. The number of carboxylic acid groups (broad SMARTS) is 1. The van der Waals surface area contributed by atoms with Crippen molar-refractivity contribution in [2.24, 2.45) is 0 Å². The number of fused-ring (bicyclic) bond motifs is 2. The Hall–Kier alpha value is -5.30. The van der Waals surface area contributed by atoms with Crippen molar-refractivity contribution in [1.82, 2.24) is 10.5 Å². The molecule has 0 aliphatic rings. The van der Waals surface area contributed by atoms with Gasteiger partial charge < -0.3 is 14.9 Å². The number of benzene rings is 5. The van der Waals surface area contributed by atoms with Crippen LogP contribution in [0.1, 0.15) is 50.5 Å². The molecule has 6 nitrogen and oxygen atoms in total. The number of hydrogen-bond donors (Lipinski definition) is 2. The molecule has 202 valence electrons. The highest BCUT2D eigenvalue weighted by Crippen LogP contribution is 2.32. The Morgan fingerprint density at radius 3 is 2.34 bits per heavy atom. The van der Waals surface area contributed by atoms with Gasteiger partial charge in [0.25, 0.3) is 5.91 Å². The lowest BCUT2D eigenvalue weighted by Gasteiger charge is -2.16. The van der Waals surface area contributed by atoms with Crippen LogP contribution < -0.4 is 5.32 Å². The van der Waals surface area contributed by atoms with Crippen LogP contribution in [0, 0.1) is 5.82 Å². The average Bonchev–Trinajstić information content (AvgIpc) is 3.39. The van der Waals surface area contributed by atoms with Gasteiger partial charge in [0, 0.05) is 6.42 Å². The van der Waals surface area contributed by atoms with E-state index in [1.165, 1.54) is 24.3 Å². The zero-order valence-electron chi connectivity index (χ0n) is 22.1. The minimum absolute atomic E-state index is 0.170. The lowest BCUT2D eigenvalue weighted by Crippen LogP contribution is -2.27. The molecule has 0 aliphatic heterocycles. The molecule has 0 bridgehead atoms. The highest BCUT2D eigenvalue weighted by Gasteiger charge is 2.22. The first-order valence-corrected chi connectivity index (χ1v) is 13.2. The van der Waals surface area contributed by atoms with Crippen LogP contribution in [-0.2, 0) is 6.42 Å². The van der Waals surface area contributed by atoms with Crippen molar-refractivity contribution in [2.45, 2.75) is 19.4 Å². The third kappa shape index (κ3) is 5.30. The number of aromatic nitrogens is 1. The van der Waals surface area contributed by atoms with Gasteiger partial charge in [-0.15, -0.1) is 0 Å². The number of rotatable bonds is 7. The van der Waals surface area contributed by atoms with Crippen LogP contribution in [0.5, 0.6) is 0 Å². The van der Waals surface area contributed by atoms with E-state index in [0.29, 0.717) is 34.2 Å². The molecule has 6 aromatic rings. The number of nitrogens with zero attached hydrogens (tertiary/aromatic N) is 1. The van der Waals surface area contributed by atoms with Crippen molar-refractivity contribution < 1.29 is 23.6 Å². The first kappa shape index (κ1) is 26.0. The molecule has 1 atom stereocenters. The smallest absolute Gasteiger partial charge is 0.335 e. The van der Waals surface area contributed by atoms with E-state index in [0.717, 1.165) is 27.5 Å². The minimum atomic E-state index is -1.01. The third-order valence-corrected chi connectivity index (χ3v) is 7.26. The Morgan fingerprint density at radius 1 is 0.878 bits per heavy atom. The van der Waals surface area contributed by atoms with E-state index in [9.17, 15) is 19.1 Å². The summed E-state index contributed by atoms with van der Waals surface area (Å²) in [6.07, 6.45) is 0.459. The Balaban J connectivity index is 1.39. The zero-order valence-corrected chi connectivity index (χ0v) is 22.1. The quantitative estimate of drug-likeness (QED) is 0.216. The molecular weight excluding hydrogens is 519 g/mol. The van der Waals surface area contributed by atoms with E-state index in [2.05, 4.69) is 34.7 Å². The molecule has 0 radical (unpaired) electrons. The van der Waals surface area contributed by atoms with Crippen molar-refractivity contribution in [2.75, 3.05) is 0 Å². The second-order valence-electron chi connectivity index (χ2n) is 10.0. The van der Waals surface area contributed by atoms with Crippen LogP contribution in [-0.4, -0.2) is 22.1 Å². The van der Waals surface area contributed by atoms with Gasteiger partial charge in [-0.25, -0.2) is 9.18 Å². The molecule has 2 N–H and O–H groups in total.